The number of ketones is 2. The molecule has 154 valence electrons. The fourth-order valence-corrected chi connectivity index (χ4v) is 4.93. The predicted octanol–water partition coefficient (Wildman–Crippen LogP) is 2.37. The highest BCUT2D eigenvalue weighted by Crippen LogP contribution is 2.45. The Bertz CT molecular complexity index is 796. The normalized spacial score (nSPS) is 24.3. The number of rotatable bonds is 4. The molecule has 1 saturated heterocycles. The molecule has 2 aliphatic carbocycles. The molecule has 0 aromatic heterocycles. The average molecular weight is 398 g/mol. The summed E-state index contributed by atoms with van der Waals surface area (Å²) in [5.41, 5.74) is 0.104. The molecule has 7 heteroatoms. The summed E-state index contributed by atoms with van der Waals surface area (Å²) >= 11 is 0. The molecule has 0 unspecified atom stereocenters. The first kappa shape index (κ1) is 19.6. The van der Waals surface area contributed by atoms with E-state index in [1.807, 2.05) is 30.3 Å². The molecule has 4 rings (SSSR count). The second-order valence-corrected chi connectivity index (χ2v) is 8.24. The Kier molecular flexibility index (Phi) is 5.39. The van der Waals surface area contributed by atoms with Crippen molar-refractivity contribution >= 4 is 23.6 Å². The summed E-state index contributed by atoms with van der Waals surface area (Å²) in [7, 11) is 0. The molecule has 3 aliphatic rings. The van der Waals surface area contributed by atoms with Crippen molar-refractivity contribution in [2.45, 2.75) is 63.6 Å². The van der Waals surface area contributed by atoms with Crippen LogP contribution in [-0.2, 0) is 25.7 Å². The third-order valence-corrected chi connectivity index (χ3v) is 6.64. The van der Waals surface area contributed by atoms with Gasteiger partial charge in [-0.25, -0.2) is 4.79 Å². The van der Waals surface area contributed by atoms with Gasteiger partial charge in [0.05, 0.1) is 5.41 Å². The third-order valence-electron chi connectivity index (χ3n) is 6.64. The lowest BCUT2D eigenvalue weighted by Gasteiger charge is -2.38. The number of benzene rings is 1. The molecular formula is C22H26N2O5. The maximum absolute atomic E-state index is 12.8. The summed E-state index contributed by atoms with van der Waals surface area (Å²) in [6, 6.07) is 8.81. The molecule has 1 heterocycles. The quantitative estimate of drug-likeness (QED) is 0.786. The number of Topliss-reactive ketones (excluding diaryl/α,β-unsaturated/α-hetero) is 2. The van der Waals surface area contributed by atoms with E-state index in [-0.39, 0.29) is 30.1 Å². The summed E-state index contributed by atoms with van der Waals surface area (Å²) in [5.74, 6) is 0.0514. The summed E-state index contributed by atoms with van der Waals surface area (Å²) in [6.07, 6.45) is 3.07. The zero-order valence-corrected chi connectivity index (χ0v) is 16.4. The molecule has 1 aromatic carbocycles. The largest absolute Gasteiger partial charge is 0.445 e. The van der Waals surface area contributed by atoms with E-state index < -0.39 is 17.6 Å². The molecular weight excluding hydrogens is 372 g/mol. The SMILES string of the molecule is O=C(N[C@H]1CCN(C2CCC3(CC2)C(=O)CCC3=O)C1=O)OCc1ccccc1. The van der Waals surface area contributed by atoms with Crippen LogP contribution in [0.1, 0.15) is 50.5 Å². The Labute approximate surface area is 169 Å². The van der Waals surface area contributed by atoms with E-state index in [1.54, 1.807) is 4.90 Å². The Morgan fingerprint density at radius 3 is 2.34 bits per heavy atom. The Morgan fingerprint density at radius 1 is 1.03 bits per heavy atom. The number of hydrogen-bond acceptors (Lipinski definition) is 5. The zero-order chi connectivity index (χ0) is 20.4. The van der Waals surface area contributed by atoms with Crippen molar-refractivity contribution < 1.29 is 23.9 Å². The van der Waals surface area contributed by atoms with Gasteiger partial charge in [0.15, 0.2) is 0 Å². The molecule has 1 N–H and O–H groups in total. The number of nitrogens with zero attached hydrogens (tertiary/aromatic N) is 1. The van der Waals surface area contributed by atoms with Crippen LogP contribution in [0.25, 0.3) is 0 Å². The highest BCUT2D eigenvalue weighted by molar-refractivity contribution is 6.12. The molecule has 1 spiro atoms. The van der Waals surface area contributed by atoms with Crippen molar-refractivity contribution in [1.82, 2.24) is 10.2 Å². The van der Waals surface area contributed by atoms with Gasteiger partial charge in [-0.15, -0.1) is 0 Å². The second-order valence-electron chi connectivity index (χ2n) is 8.24. The first-order valence-electron chi connectivity index (χ1n) is 10.3. The van der Waals surface area contributed by atoms with Gasteiger partial charge in [-0.1, -0.05) is 30.3 Å². The monoisotopic (exact) mass is 398 g/mol. The molecule has 2 amide bonds. The van der Waals surface area contributed by atoms with Crippen LogP contribution in [0.3, 0.4) is 0 Å². The minimum atomic E-state index is -0.780. The number of ether oxygens (including phenoxy) is 1. The minimum Gasteiger partial charge on any atom is -0.445 e. The molecule has 2 saturated carbocycles. The van der Waals surface area contributed by atoms with Gasteiger partial charge in [-0.05, 0) is 37.7 Å². The van der Waals surface area contributed by atoms with Crippen molar-refractivity contribution in [2.24, 2.45) is 5.41 Å². The molecule has 0 radical (unpaired) electrons. The highest BCUT2D eigenvalue weighted by atomic mass is 16.5. The topological polar surface area (TPSA) is 92.8 Å². The van der Waals surface area contributed by atoms with Crippen LogP contribution in [0.4, 0.5) is 4.79 Å². The molecule has 29 heavy (non-hydrogen) atoms. The lowest BCUT2D eigenvalue weighted by Crippen LogP contribution is -2.48. The standard InChI is InChI=1S/C22H26N2O5/c25-18-6-7-19(26)22(18)11-8-16(9-12-22)24-13-10-17(20(24)27)23-21(28)29-14-15-4-2-1-3-5-15/h1-5,16-17H,6-14H2,(H,23,28)/t17-/m0/s1. The minimum absolute atomic E-state index is 0.0291. The number of hydrogen-bond donors (Lipinski definition) is 1. The van der Waals surface area contributed by atoms with E-state index in [1.165, 1.54) is 0 Å². The smallest absolute Gasteiger partial charge is 0.408 e. The summed E-state index contributed by atoms with van der Waals surface area (Å²) in [5, 5.41) is 2.67. The van der Waals surface area contributed by atoms with E-state index in [0.717, 1.165) is 5.56 Å². The number of carbonyl (C=O) groups is 4. The van der Waals surface area contributed by atoms with Gasteiger partial charge in [0.1, 0.15) is 24.2 Å². The predicted molar refractivity (Wildman–Crippen MR) is 104 cm³/mol. The van der Waals surface area contributed by atoms with Crippen LogP contribution in [0.2, 0.25) is 0 Å². The maximum Gasteiger partial charge on any atom is 0.408 e. The van der Waals surface area contributed by atoms with Gasteiger partial charge in [-0.2, -0.15) is 0 Å². The van der Waals surface area contributed by atoms with E-state index in [2.05, 4.69) is 5.32 Å². The van der Waals surface area contributed by atoms with Crippen LogP contribution in [0.15, 0.2) is 30.3 Å². The van der Waals surface area contributed by atoms with Gasteiger partial charge in [-0.3, -0.25) is 14.4 Å². The molecule has 1 aromatic rings. The Balaban J connectivity index is 1.27. The number of alkyl carbamates (subject to hydrolysis) is 1. The molecule has 1 atom stereocenters. The number of carbonyl (C=O) groups excluding carboxylic acids is 4. The van der Waals surface area contributed by atoms with Crippen molar-refractivity contribution in [3.05, 3.63) is 35.9 Å². The van der Waals surface area contributed by atoms with Crippen molar-refractivity contribution in [3.8, 4) is 0 Å². The van der Waals surface area contributed by atoms with Gasteiger partial charge in [0.2, 0.25) is 5.91 Å². The first-order chi connectivity index (χ1) is 14.0. The fourth-order valence-electron chi connectivity index (χ4n) is 4.93. The van der Waals surface area contributed by atoms with Crippen LogP contribution < -0.4 is 5.32 Å². The van der Waals surface area contributed by atoms with Crippen LogP contribution in [0.5, 0.6) is 0 Å². The number of amides is 2. The molecule has 3 fully saturated rings. The summed E-state index contributed by atoms with van der Waals surface area (Å²) in [4.78, 5) is 51.1. The number of likely N-dealkylation sites (tertiary alicyclic amines) is 1. The van der Waals surface area contributed by atoms with Crippen LogP contribution in [-0.4, -0.2) is 47.1 Å². The number of nitrogens with one attached hydrogen (secondary N) is 1. The summed E-state index contributed by atoms with van der Waals surface area (Å²) in [6.45, 7) is 0.728. The zero-order valence-electron chi connectivity index (χ0n) is 16.4. The highest BCUT2D eigenvalue weighted by Gasteiger charge is 2.52. The lowest BCUT2D eigenvalue weighted by molar-refractivity contribution is -0.139. The first-order valence-corrected chi connectivity index (χ1v) is 10.3. The molecule has 1 aliphatic heterocycles. The van der Waals surface area contributed by atoms with Gasteiger partial charge >= 0.3 is 6.09 Å². The van der Waals surface area contributed by atoms with Gasteiger partial charge in [0, 0.05) is 25.4 Å². The summed E-state index contributed by atoms with van der Waals surface area (Å²) < 4.78 is 5.21. The third kappa shape index (κ3) is 3.78. The van der Waals surface area contributed by atoms with Gasteiger partial charge < -0.3 is 15.0 Å². The maximum atomic E-state index is 12.8. The van der Waals surface area contributed by atoms with Crippen molar-refractivity contribution in [2.75, 3.05) is 6.54 Å². The van der Waals surface area contributed by atoms with Crippen LogP contribution in [0, 0.1) is 5.41 Å². The van der Waals surface area contributed by atoms with E-state index >= 15 is 0 Å². The average Bonchev–Trinajstić information content (AvgIpc) is 3.23. The fraction of sp³-hybridized carbons (Fsp3) is 0.545. The van der Waals surface area contributed by atoms with Crippen molar-refractivity contribution in [3.63, 3.8) is 0 Å². The second kappa shape index (κ2) is 7.97. The van der Waals surface area contributed by atoms with Crippen molar-refractivity contribution in [1.29, 1.82) is 0 Å². The molecule has 0 bridgehead atoms. The van der Waals surface area contributed by atoms with E-state index in [9.17, 15) is 19.2 Å². The Hall–Kier alpha value is -2.70. The van der Waals surface area contributed by atoms with Crippen LogP contribution >= 0.6 is 0 Å². The van der Waals surface area contributed by atoms with E-state index in [4.69, 9.17) is 4.74 Å². The van der Waals surface area contributed by atoms with Gasteiger partial charge in [0.25, 0.3) is 0 Å². The lowest BCUT2D eigenvalue weighted by atomic mass is 9.70. The Morgan fingerprint density at radius 2 is 1.69 bits per heavy atom. The molecule has 7 nitrogen and oxygen atoms in total. The van der Waals surface area contributed by atoms with E-state index in [0.29, 0.717) is 51.5 Å².